The number of carbonyl (C=O) groups excluding carboxylic acids is 1. The van der Waals surface area contributed by atoms with E-state index in [2.05, 4.69) is 14.7 Å². The molecule has 0 saturated carbocycles. The molecule has 3 rings (SSSR count). The number of methoxy groups -OCH3 is 2. The molecule has 0 N–H and O–H groups in total. The van der Waals surface area contributed by atoms with Gasteiger partial charge in [-0.25, -0.2) is 4.99 Å². The number of rotatable bonds is 10. The van der Waals surface area contributed by atoms with Crippen LogP contribution in [0, 0.1) is 0 Å². The number of alkyl halides is 2. The smallest absolute Gasteiger partial charge is 0.345 e. The Kier molecular flexibility index (Phi) is 7.59. The fourth-order valence-corrected chi connectivity index (χ4v) is 3.58. The molecule has 1 aromatic heterocycles. The molecule has 1 aliphatic rings. The summed E-state index contributed by atoms with van der Waals surface area (Å²) in [5, 5.41) is 0. The molecule has 160 valence electrons. The zero-order chi connectivity index (χ0) is 21.5. The lowest BCUT2D eigenvalue weighted by Gasteiger charge is -2.17. The molecule has 0 saturated heterocycles. The molecule has 8 heteroatoms. The van der Waals surface area contributed by atoms with Gasteiger partial charge in [-0.3, -0.25) is 9.78 Å². The maximum Gasteiger partial charge on any atom is 0.345 e. The number of pyridine rings is 1. The van der Waals surface area contributed by atoms with Gasteiger partial charge in [-0.1, -0.05) is 30.3 Å². The van der Waals surface area contributed by atoms with Crippen molar-refractivity contribution in [3.05, 3.63) is 64.5 Å². The Morgan fingerprint density at radius 2 is 1.97 bits per heavy atom. The summed E-state index contributed by atoms with van der Waals surface area (Å²) in [7, 11) is 3.12. The van der Waals surface area contributed by atoms with Gasteiger partial charge >= 0.3 is 6.61 Å². The van der Waals surface area contributed by atoms with Crippen LogP contribution in [-0.2, 0) is 38.6 Å². The summed E-state index contributed by atoms with van der Waals surface area (Å²) in [5.41, 5.74) is 3.78. The number of Topliss-reactive ketones (excluding diaryl/α,β-unsaturated/α-hetero) is 1. The lowest BCUT2D eigenvalue weighted by atomic mass is 9.93. The van der Waals surface area contributed by atoms with E-state index in [1.54, 1.807) is 26.4 Å². The SMILES string of the molecule is COCc1nc(CC(=O)C[C@H](COC(F)F)c2ccccc2)cc2c1C(OC)=NC2. The summed E-state index contributed by atoms with van der Waals surface area (Å²) in [4.78, 5) is 21.7. The summed E-state index contributed by atoms with van der Waals surface area (Å²) in [6.45, 7) is -2.39. The first-order valence-corrected chi connectivity index (χ1v) is 9.57. The van der Waals surface area contributed by atoms with Crippen molar-refractivity contribution >= 4 is 11.7 Å². The topological polar surface area (TPSA) is 70.0 Å². The third-order valence-corrected chi connectivity index (χ3v) is 4.86. The maximum atomic E-state index is 12.8. The van der Waals surface area contributed by atoms with Crippen molar-refractivity contribution in [2.75, 3.05) is 20.8 Å². The second-order valence-corrected chi connectivity index (χ2v) is 6.97. The van der Waals surface area contributed by atoms with E-state index in [4.69, 9.17) is 9.47 Å². The molecule has 0 fully saturated rings. The number of hydrogen-bond acceptors (Lipinski definition) is 6. The summed E-state index contributed by atoms with van der Waals surface area (Å²) in [5.74, 6) is -0.0527. The Bertz CT molecular complexity index is 904. The van der Waals surface area contributed by atoms with Gasteiger partial charge in [-0.2, -0.15) is 8.78 Å². The Morgan fingerprint density at radius 3 is 2.63 bits per heavy atom. The van der Waals surface area contributed by atoms with Crippen molar-refractivity contribution in [3.63, 3.8) is 0 Å². The van der Waals surface area contributed by atoms with Crippen molar-refractivity contribution < 1.29 is 27.8 Å². The summed E-state index contributed by atoms with van der Waals surface area (Å²) < 4.78 is 40.1. The minimum absolute atomic E-state index is 0.0783. The van der Waals surface area contributed by atoms with E-state index in [1.807, 2.05) is 24.3 Å². The minimum atomic E-state index is -2.88. The quantitative estimate of drug-likeness (QED) is 0.589. The normalized spacial score (nSPS) is 13.8. The highest BCUT2D eigenvalue weighted by molar-refractivity contribution is 5.98. The van der Waals surface area contributed by atoms with E-state index >= 15 is 0 Å². The van der Waals surface area contributed by atoms with E-state index in [0.717, 1.165) is 16.7 Å². The van der Waals surface area contributed by atoms with Crippen LogP contribution in [0.25, 0.3) is 0 Å². The molecule has 0 spiro atoms. The fraction of sp³-hybridized carbons (Fsp3) is 0.409. The monoisotopic (exact) mass is 418 g/mol. The molecule has 0 unspecified atom stereocenters. The van der Waals surface area contributed by atoms with Gasteiger partial charge in [0.05, 0.1) is 38.1 Å². The van der Waals surface area contributed by atoms with Crippen LogP contribution in [0.1, 0.15) is 40.4 Å². The molecule has 6 nitrogen and oxygen atoms in total. The van der Waals surface area contributed by atoms with Crippen molar-refractivity contribution in [2.24, 2.45) is 4.99 Å². The zero-order valence-electron chi connectivity index (χ0n) is 16.9. The Balaban J connectivity index is 1.75. The predicted molar refractivity (Wildman–Crippen MR) is 107 cm³/mol. The molecule has 1 aromatic carbocycles. The third-order valence-electron chi connectivity index (χ3n) is 4.86. The number of nitrogens with zero attached hydrogens (tertiary/aromatic N) is 2. The summed E-state index contributed by atoms with van der Waals surface area (Å²) >= 11 is 0. The highest BCUT2D eigenvalue weighted by Crippen LogP contribution is 2.26. The number of benzene rings is 1. The van der Waals surface area contributed by atoms with Crippen LogP contribution in [0.15, 0.2) is 41.4 Å². The first kappa shape index (κ1) is 22.0. The van der Waals surface area contributed by atoms with Crippen LogP contribution < -0.4 is 0 Å². The molecule has 0 bridgehead atoms. The van der Waals surface area contributed by atoms with Gasteiger partial charge < -0.3 is 14.2 Å². The van der Waals surface area contributed by atoms with Crippen LogP contribution in [0.5, 0.6) is 0 Å². The minimum Gasteiger partial charge on any atom is -0.481 e. The highest BCUT2D eigenvalue weighted by atomic mass is 19.3. The molecule has 0 amide bonds. The second kappa shape index (κ2) is 10.4. The first-order chi connectivity index (χ1) is 14.5. The molecule has 2 heterocycles. The van der Waals surface area contributed by atoms with Gasteiger partial charge in [-0.05, 0) is 17.2 Å². The largest absolute Gasteiger partial charge is 0.481 e. The van der Waals surface area contributed by atoms with E-state index in [0.29, 0.717) is 23.8 Å². The van der Waals surface area contributed by atoms with Crippen LogP contribution in [-0.4, -0.2) is 44.1 Å². The number of halogens is 2. The van der Waals surface area contributed by atoms with Crippen LogP contribution in [0.4, 0.5) is 8.78 Å². The fourth-order valence-electron chi connectivity index (χ4n) is 3.58. The molecule has 0 radical (unpaired) electrons. The Hall–Kier alpha value is -2.71. The van der Waals surface area contributed by atoms with Crippen LogP contribution in [0.2, 0.25) is 0 Å². The molecule has 1 aliphatic heterocycles. The number of hydrogen-bond donors (Lipinski definition) is 0. The first-order valence-electron chi connectivity index (χ1n) is 9.57. The third kappa shape index (κ3) is 5.46. The van der Waals surface area contributed by atoms with Gasteiger partial charge in [-0.15, -0.1) is 0 Å². The lowest BCUT2D eigenvalue weighted by molar-refractivity contribution is -0.136. The van der Waals surface area contributed by atoms with Crippen molar-refractivity contribution in [1.82, 2.24) is 4.98 Å². The number of ketones is 1. The second-order valence-electron chi connectivity index (χ2n) is 6.97. The number of carbonyl (C=O) groups is 1. The van der Waals surface area contributed by atoms with E-state index in [9.17, 15) is 13.6 Å². The molecule has 30 heavy (non-hydrogen) atoms. The molecular formula is C22H24F2N2O4. The maximum absolute atomic E-state index is 12.8. The standard InChI is InChI=1S/C22H24F2N2O4/c1-28-13-19-20-15(11-25-21(20)29-2)8-17(26-19)10-18(27)9-16(12-30-22(23)24)14-6-4-3-5-7-14/h3-8,16,22H,9-13H2,1-2H3/t16-/m1/s1. The average Bonchev–Trinajstić information content (AvgIpc) is 3.15. The van der Waals surface area contributed by atoms with Gasteiger partial charge in [0.15, 0.2) is 0 Å². The number of fused-ring (bicyclic) bond motifs is 1. The number of aliphatic imine (C=N–C) groups is 1. The molecule has 2 aromatic rings. The van der Waals surface area contributed by atoms with Gasteiger partial charge in [0, 0.05) is 31.6 Å². The van der Waals surface area contributed by atoms with E-state index in [1.165, 1.54) is 0 Å². The summed E-state index contributed by atoms with van der Waals surface area (Å²) in [6, 6.07) is 10.9. The van der Waals surface area contributed by atoms with E-state index < -0.39 is 12.5 Å². The van der Waals surface area contributed by atoms with Gasteiger partial charge in [0.1, 0.15) is 5.78 Å². The average molecular weight is 418 g/mol. The van der Waals surface area contributed by atoms with Crippen LogP contribution in [0.3, 0.4) is 0 Å². The predicted octanol–water partition coefficient (Wildman–Crippen LogP) is 3.66. The Labute approximate surface area is 173 Å². The van der Waals surface area contributed by atoms with Gasteiger partial charge in [0.25, 0.3) is 0 Å². The van der Waals surface area contributed by atoms with Crippen molar-refractivity contribution in [3.8, 4) is 0 Å². The Morgan fingerprint density at radius 1 is 1.20 bits per heavy atom. The molecule has 1 atom stereocenters. The lowest BCUT2D eigenvalue weighted by Crippen LogP contribution is -2.17. The van der Waals surface area contributed by atoms with E-state index in [-0.39, 0.29) is 31.8 Å². The molecule has 0 aliphatic carbocycles. The highest BCUT2D eigenvalue weighted by Gasteiger charge is 2.24. The summed E-state index contributed by atoms with van der Waals surface area (Å²) in [6.07, 6.45) is 0.166. The van der Waals surface area contributed by atoms with Crippen LogP contribution >= 0.6 is 0 Å². The van der Waals surface area contributed by atoms with Gasteiger partial charge in [0.2, 0.25) is 5.90 Å². The zero-order valence-corrected chi connectivity index (χ0v) is 16.9. The molecular weight excluding hydrogens is 394 g/mol. The number of ether oxygens (including phenoxy) is 3. The number of aromatic nitrogens is 1. The van der Waals surface area contributed by atoms with Crippen molar-refractivity contribution in [2.45, 2.75) is 38.5 Å². The van der Waals surface area contributed by atoms with Crippen molar-refractivity contribution in [1.29, 1.82) is 0 Å².